The lowest BCUT2D eigenvalue weighted by Gasteiger charge is -2.40. The van der Waals surface area contributed by atoms with Crippen LogP contribution in [0.1, 0.15) is 43.5 Å². The van der Waals surface area contributed by atoms with Crippen molar-refractivity contribution in [2.24, 2.45) is 0 Å². The number of amides is 1. The second-order valence-corrected chi connectivity index (χ2v) is 6.55. The summed E-state index contributed by atoms with van der Waals surface area (Å²) in [7, 11) is 1.78. The maximum atomic E-state index is 12.7. The Balaban J connectivity index is 1.83. The van der Waals surface area contributed by atoms with Crippen molar-refractivity contribution in [3.8, 4) is 0 Å². The molecule has 0 aliphatic heterocycles. The van der Waals surface area contributed by atoms with Gasteiger partial charge in [0, 0.05) is 18.0 Å². The first-order valence-electron chi connectivity index (χ1n) is 8.41. The number of hydrogen-bond donors (Lipinski definition) is 2. The molecule has 0 unspecified atom stereocenters. The SMILES string of the molecule is CNc1ncnc2cc(C(=O)NC3(C(=O)OC(C)C)CCC3)ccc12. The third-order valence-electron chi connectivity index (χ3n) is 4.43. The van der Waals surface area contributed by atoms with Gasteiger partial charge < -0.3 is 15.4 Å². The van der Waals surface area contributed by atoms with Crippen LogP contribution in [0.3, 0.4) is 0 Å². The second-order valence-electron chi connectivity index (χ2n) is 6.55. The lowest BCUT2D eigenvalue weighted by atomic mass is 9.76. The van der Waals surface area contributed by atoms with Gasteiger partial charge in [-0.25, -0.2) is 14.8 Å². The van der Waals surface area contributed by atoms with E-state index in [0.29, 0.717) is 29.7 Å². The van der Waals surface area contributed by atoms with Gasteiger partial charge in [0.15, 0.2) is 0 Å². The zero-order chi connectivity index (χ0) is 18.0. The molecule has 1 aliphatic rings. The fourth-order valence-electron chi connectivity index (χ4n) is 2.92. The highest BCUT2D eigenvalue weighted by Crippen LogP contribution is 2.34. The molecule has 7 nitrogen and oxygen atoms in total. The molecule has 0 atom stereocenters. The standard InChI is InChI=1S/C18H22N4O3/c1-11(2)25-17(24)18(7-4-8-18)22-16(23)12-5-6-13-14(9-12)20-10-21-15(13)19-3/h5-6,9-11H,4,7-8H2,1-3H3,(H,22,23)(H,19,20,21). The van der Waals surface area contributed by atoms with Crippen LogP contribution in [0.25, 0.3) is 10.9 Å². The van der Waals surface area contributed by atoms with Gasteiger partial charge in [-0.1, -0.05) is 0 Å². The molecular weight excluding hydrogens is 320 g/mol. The van der Waals surface area contributed by atoms with E-state index in [1.807, 2.05) is 0 Å². The Hall–Kier alpha value is -2.70. The predicted molar refractivity (Wildman–Crippen MR) is 94.4 cm³/mol. The van der Waals surface area contributed by atoms with Crippen molar-refractivity contribution in [3.05, 3.63) is 30.1 Å². The van der Waals surface area contributed by atoms with E-state index in [1.165, 1.54) is 6.33 Å². The number of nitrogens with zero attached hydrogens (tertiary/aromatic N) is 2. The normalized spacial score (nSPS) is 15.5. The van der Waals surface area contributed by atoms with Gasteiger partial charge in [0.05, 0.1) is 11.6 Å². The first kappa shape index (κ1) is 17.1. The van der Waals surface area contributed by atoms with E-state index in [2.05, 4.69) is 20.6 Å². The van der Waals surface area contributed by atoms with E-state index in [4.69, 9.17) is 4.74 Å². The molecule has 0 saturated heterocycles. The van der Waals surface area contributed by atoms with Crippen LogP contribution in [-0.2, 0) is 9.53 Å². The zero-order valence-corrected chi connectivity index (χ0v) is 14.6. The highest BCUT2D eigenvalue weighted by Gasteiger charge is 2.47. The first-order valence-corrected chi connectivity index (χ1v) is 8.41. The lowest BCUT2D eigenvalue weighted by molar-refractivity contribution is -0.159. The average molecular weight is 342 g/mol. The third-order valence-corrected chi connectivity index (χ3v) is 4.43. The number of rotatable bonds is 5. The molecule has 1 amide bonds. The van der Waals surface area contributed by atoms with Crippen LogP contribution in [0.2, 0.25) is 0 Å². The molecule has 2 N–H and O–H groups in total. The number of anilines is 1. The number of carbonyl (C=O) groups is 2. The summed E-state index contributed by atoms with van der Waals surface area (Å²) in [4.78, 5) is 33.4. The number of ether oxygens (including phenoxy) is 1. The van der Waals surface area contributed by atoms with Crippen molar-refractivity contribution >= 4 is 28.6 Å². The molecule has 1 aromatic carbocycles. The Kier molecular flexibility index (Phi) is 4.57. The van der Waals surface area contributed by atoms with Gasteiger partial charge in [0.25, 0.3) is 5.91 Å². The van der Waals surface area contributed by atoms with Crippen LogP contribution in [0.15, 0.2) is 24.5 Å². The molecular formula is C18H22N4O3. The fourth-order valence-corrected chi connectivity index (χ4v) is 2.92. The molecule has 0 radical (unpaired) electrons. The van der Waals surface area contributed by atoms with Gasteiger partial charge in [-0.3, -0.25) is 4.79 Å². The molecule has 7 heteroatoms. The Morgan fingerprint density at radius 3 is 2.60 bits per heavy atom. The number of esters is 1. The number of hydrogen-bond acceptors (Lipinski definition) is 6. The summed E-state index contributed by atoms with van der Waals surface area (Å²) in [5.41, 5.74) is 0.217. The van der Waals surface area contributed by atoms with Crippen molar-refractivity contribution in [2.45, 2.75) is 44.8 Å². The number of carbonyl (C=O) groups excluding carboxylic acids is 2. The van der Waals surface area contributed by atoms with Crippen LogP contribution >= 0.6 is 0 Å². The van der Waals surface area contributed by atoms with Crippen LogP contribution in [0.5, 0.6) is 0 Å². The van der Waals surface area contributed by atoms with Crippen molar-refractivity contribution in [1.29, 1.82) is 0 Å². The van der Waals surface area contributed by atoms with E-state index in [0.717, 1.165) is 11.8 Å². The summed E-state index contributed by atoms with van der Waals surface area (Å²) >= 11 is 0. The molecule has 132 valence electrons. The van der Waals surface area contributed by atoms with Crippen LogP contribution < -0.4 is 10.6 Å². The number of fused-ring (bicyclic) bond motifs is 1. The second kappa shape index (κ2) is 6.66. The van der Waals surface area contributed by atoms with Gasteiger partial charge in [-0.15, -0.1) is 0 Å². The van der Waals surface area contributed by atoms with Crippen molar-refractivity contribution in [1.82, 2.24) is 15.3 Å². The van der Waals surface area contributed by atoms with Crippen LogP contribution in [0.4, 0.5) is 5.82 Å². The molecule has 1 aliphatic carbocycles. The third kappa shape index (κ3) is 3.26. The van der Waals surface area contributed by atoms with Gasteiger partial charge in [-0.05, 0) is 51.3 Å². The maximum absolute atomic E-state index is 12.7. The Morgan fingerprint density at radius 1 is 1.24 bits per heavy atom. The molecule has 25 heavy (non-hydrogen) atoms. The minimum atomic E-state index is -0.905. The number of aromatic nitrogens is 2. The van der Waals surface area contributed by atoms with Gasteiger partial charge in [-0.2, -0.15) is 0 Å². The molecule has 2 aromatic rings. The van der Waals surface area contributed by atoms with Crippen LogP contribution in [-0.4, -0.2) is 40.5 Å². The summed E-state index contributed by atoms with van der Waals surface area (Å²) in [5, 5.41) is 6.70. The molecule has 3 rings (SSSR count). The molecule has 0 spiro atoms. The van der Waals surface area contributed by atoms with Gasteiger partial charge in [0.2, 0.25) is 0 Å². The molecule has 1 fully saturated rings. The van der Waals surface area contributed by atoms with Crippen LogP contribution in [0, 0.1) is 0 Å². The Labute approximate surface area is 146 Å². The maximum Gasteiger partial charge on any atom is 0.332 e. The summed E-state index contributed by atoms with van der Waals surface area (Å²) in [6.07, 6.45) is 3.33. The van der Waals surface area contributed by atoms with E-state index in [9.17, 15) is 9.59 Å². The molecule has 1 saturated carbocycles. The smallest absolute Gasteiger partial charge is 0.332 e. The quantitative estimate of drug-likeness (QED) is 0.810. The van der Waals surface area contributed by atoms with E-state index < -0.39 is 5.54 Å². The summed E-state index contributed by atoms with van der Waals surface area (Å²) in [5.74, 6) is 0.0440. The van der Waals surface area contributed by atoms with Gasteiger partial charge >= 0.3 is 5.97 Å². The summed E-state index contributed by atoms with van der Waals surface area (Å²) < 4.78 is 5.31. The van der Waals surface area contributed by atoms with Gasteiger partial charge in [0.1, 0.15) is 17.7 Å². The summed E-state index contributed by atoms with van der Waals surface area (Å²) in [6.45, 7) is 3.60. The highest BCUT2D eigenvalue weighted by molar-refractivity contribution is 6.02. The van der Waals surface area contributed by atoms with Crippen molar-refractivity contribution in [2.75, 3.05) is 12.4 Å². The topological polar surface area (TPSA) is 93.2 Å². The molecule has 1 heterocycles. The highest BCUT2D eigenvalue weighted by atomic mass is 16.5. The minimum Gasteiger partial charge on any atom is -0.461 e. The van der Waals surface area contributed by atoms with Crippen molar-refractivity contribution in [3.63, 3.8) is 0 Å². The monoisotopic (exact) mass is 342 g/mol. The Morgan fingerprint density at radius 2 is 2.00 bits per heavy atom. The largest absolute Gasteiger partial charge is 0.461 e. The molecule has 0 bridgehead atoms. The molecule has 1 aromatic heterocycles. The van der Waals surface area contributed by atoms with Crippen molar-refractivity contribution < 1.29 is 14.3 Å². The van der Waals surface area contributed by atoms with E-state index >= 15 is 0 Å². The predicted octanol–water partition coefficient (Wildman–Crippen LogP) is 2.28. The average Bonchev–Trinajstić information content (AvgIpc) is 2.56. The lowest BCUT2D eigenvalue weighted by Crippen LogP contribution is -2.60. The zero-order valence-electron chi connectivity index (χ0n) is 14.6. The van der Waals surface area contributed by atoms with E-state index in [1.54, 1.807) is 39.1 Å². The first-order chi connectivity index (χ1) is 11.9. The Bertz CT molecular complexity index is 815. The summed E-state index contributed by atoms with van der Waals surface area (Å²) in [6, 6.07) is 5.21. The number of nitrogens with one attached hydrogen (secondary N) is 2. The fraction of sp³-hybridized carbons (Fsp3) is 0.444. The number of benzene rings is 1. The van der Waals surface area contributed by atoms with E-state index in [-0.39, 0.29) is 18.0 Å². The minimum absolute atomic E-state index is 0.209.